The molecule has 5 aromatic rings. The van der Waals surface area contributed by atoms with Crippen molar-refractivity contribution in [1.82, 2.24) is 39.6 Å². The van der Waals surface area contributed by atoms with Gasteiger partial charge in [-0.3, -0.25) is 24.2 Å². The number of fused-ring (bicyclic) bond motifs is 5. The number of nitrogens with zero attached hydrogens (tertiary/aromatic N) is 6. The van der Waals surface area contributed by atoms with Crippen molar-refractivity contribution in [3.8, 4) is 10.4 Å². The molecule has 0 aliphatic carbocycles. The lowest BCUT2D eigenvalue weighted by atomic mass is 10.0. The molecule has 0 bridgehead atoms. The highest BCUT2D eigenvalue weighted by atomic mass is 32.1. The van der Waals surface area contributed by atoms with Crippen LogP contribution < -0.4 is 10.9 Å². The summed E-state index contributed by atoms with van der Waals surface area (Å²) in [4.78, 5) is 37.3. The van der Waals surface area contributed by atoms with Gasteiger partial charge in [0.25, 0.3) is 11.5 Å². The van der Waals surface area contributed by atoms with Crippen LogP contribution in [-0.2, 0) is 7.05 Å². The van der Waals surface area contributed by atoms with Gasteiger partial charge in [-0.25, -0.2) is 4.52 Å². The number of thiazole rings is 1. The van der Waals surface area contributed by atoms with Gasteiger partial charge >= 0.3 is 0 Å². The van der Waals surface area contributed by atoms with Crippen LogP contribution in [0.4, 0.5) is 0 Å². The van der Waals surface area contributed by atoms with Crippen molar-refractivity contribution >= 4 is 44.0 Å². The van der Waals surface area contributed by atoms with E-state index in [0.717, 1.165) is 28.4 Å². The monoisotopic (exact) mass is 490 g/mol. The van der Waals surface area contributed by atoms with Gasteiger partial charge in [0.2, 0.25) is 0 Å². The van der Waals surface area contributed by atoms with Crippen LogP contribution in [0.3, 0.4) is 0 Å². The molecule has 1 saturated heterocycles. The van der Waals surface area contributed by atoms with E-state index in [1.165, 1.54) is 24.2 Å². The molecule has 0 radical (unpaired) electrons. The number of H-pyrrole nitrogens is 1. The SMILES string of the molecule is Cn1cc(-c2cn3nc4c5ncc(C(=O)NCCN6CCCC6(C)C)cc5[nH]c(=O)c4c3s2)cn1. The Bertz CT molecular complexity index is 1660. The minimum absolute atomic E-state index is 0.178. The maximum atomic E-state index is 13.0. The minimum atomic E-state index is -0.252. The van der Waals surface area contributed by atoms with Crippen molar-refractivity contribution in [3.05, 3.63) is 46.8 Å². The van der Waals surface area contributed by atoms with Gasteiger partial charge < -0.3 is 10.3 Å². The largest absolute Gasteiger partial charge is 0.351 e. The van der Waals surface area contributed by atoms with Gasteiger partial charge in [0, 0.05) is 49.8 Å². The Balaban J connectivity index is 1.28. The van der Waals surface area contributed by atoms with Crippen molar-refractivity contribution in [2.24, 2.45) is 7.05 Å². The molecular weight excluding hydrogens is 464 g/mol. The summed E-state index contributed by atoms with van der Waals surface area (Å²) >= 11 is 1.48. The highest BCUT2D eigenvalue weighted by Crippen LogP contribution is 2.33. The van der Waals surface area contributed by atoms with Crippen molar-refractivity contribution in [2.75, 3.05) is 19.6 Å². The third kappa shape index (κ3) is 3.71. The highest BCUT2D eigenvalue weighted by molar-refractivity contribution is 7.21. The first-order valence-corrected chi connectivity index (χ1v) is 12.5. The Hall–Kier alpha value is -3.57. The number of hydrogen-bond acceptors (Lipinski definition) is 7. The minimum Gasteiger partial charge on any atom is -0.351 e. The van der Waals surface area contributed by atoms with Crippen molar-refractivity contribution < 1.29 is 4.79 Å². The average molecular weight is 491 g/mol. The second-order valence-corrected chi connectivity index (χ2v) is 10.7. The van der Waals surface area contributed by atoms with E-state index in [1.807, 2.05) is 19.4 Å². The molecule has 35 heavy (non-hydrogen) atoms. The Kier molecular flexibility index (Phi) is 5.01. The molecule has 10 nitrogen and oxygen atoms in total. The van der Waals surface area contributed by atoms with Crippen LogP contribution in [-0.4, -0.2) is 65.3 Å². The molecule has 2 N–H and O–H groups in total. The number of aromatic amines is 1. The molecule has 0 unspecified atom stereocenters. The molecule has 1 aliphatic rings. The molecule has 11 heteroatoms. The second-order valence-electron chi connectivity index (χ2n) is 9.70. The summed E-state index contributed by atoms with van der Waals surface area (Å²) in [5, 5.41) is 12.3. The molecule has 0 spiro atoms. The first kappa shape index (κ1) is 21.9. The first-order valence-electron chi connectivity index (χ1n) is 11.7. The number of aryl methyl sites for hydroxylation is 1. The van der Waals surface area contributed by atoms with E-state index in [2.05, 4.69) is 44.2 Å². The van der Waals surface area contributed by atoms with Gasteiger partial charge in [-0.15, -0.1) is 11.3 Å². The molecule has 0 atom stereocenters. The summed E-state index contributed by atoms with van der Waals surface area (Å²) in [6.07, 6.45) is 9.51. The van der Waals surface area contributed by atoms with Crippen molar-refractivity contribution in [2.45, 2.75) is 32.2 Å². The molecule has 180 valence electrons. The van der Waals surface area contributed by atoms with Crippen LogP contribution >= 0.6 is 11.3 Å². The Morgan fingerprint density at radius 2 is 2.11 bits per heavy atom. The number of rotatable bonds is 5. The normalized spacial score (nSPS) is 16.1. The van der Waals surface area contributed by atoms with Crippen LogP contribution in [0.2, 0.25) is 0 Å². The van der Waals surface area contributed by atoms with Gasteiger partial charge in [0.05, 0.1) is 22.2 Å². The third-order valence-electron chi connectivity index (χ3n) is 6.89. The number of pyridine rings is 2. The smallest absolute Gasteiger partial charge is 0.261 e. The van der Waals surface area contributed by atoms with Gasteiger partial charge in [0.1, 0.15) is 21.3 Å². The topological polar surface area (TPSA) is 113 Å². The maximum absolute atomic E-state index is 13.0. The number of amides is 1. The van der Waals surface area contributed by atoms with E-state index in [9.17, 15) is 9.59 Å². The van der Waals surface area contributed by atoms with Crippen LogP contribution in [0.25, 0.3) is 37.2 Å². The van der Waals surface area contributed by atoms with E-state index in [1.54, 1.807) is 27.7 Å². The van der Waals surface area contributed by atoms with Crippen LogP contribution in [0, 0.1) is 0 Å². The fourth-order valence-corrected chi connectivity index (χ4v) is 6.00. The Morgan fingerprint density at radius 3 is 2.86 bits per heavy atom. The fourth-order valence-electron chi connectivity index (χ4n) is 4.94. The Labute approximate surface area is 204 Å². The molecule has 1 fully saturated rings. The van der Waals surface area contributed by atoms with Crippen molar-refractivity contribution in [3.63, 3.8) is 0 Å². The van der Waals surface area contributed by atoms with Gasteiger partial charge in [0.15, 0.2) is 0 Å². The second kappa shape index (κ2) is 7.99. The lowest BCUT2D eigenvalue weighted by Crippen LogP contribution is -2.43. The Morgan fingerprint density at radius 1 is 1.26 bits per heavy atom. The first-order chi connectivity index (χ1) is 16.8. The maximum Gasteiger partial charge on any atom is 0.261 e. The zero-order valence-electron chi connectivity index (χ0n) is 19.8. The van der Waals surface area contributed by atoms with Crippen LogP contribution in [0.5, 0.6) is 0 Å². The van der Waals surface area contributed by atoms with E-state index in [0.29, 0.717) is 34.0 Å². The summed E-state index contributed by atoms with van der Waals surface area (Å²) in [6.45, 7) is 6.91. The van der Waals surface area contributed by atoms with Gasteiger partial charge in [-0.2, -0.15) is 10.2 Å². The molecule has 5 aromatic heterocycles. The molecular formula is C24H26N8O2S. The third-order valence-corrected chi connectivity index (χ3v) is 8.04. The molecule has 6 heterocycles. The molecule has 0 aromatic carbocycles. The molecule has 1 aliphatic heterocycles. The van der Waals surface area contributed by atoms with Crippen LogP contribution in [0.15, 0.2) is 35.6 Å². The summed E-state index contributed by atoms with van der Waals surface area (Å²) < 4.78 is 3.45. The standard InChI is InChI=1S/C24H26N8O2S/c1-24(2)5-4-7-31(24)8-6-25-21(33)14-9-16-19(26-10-14)20-18(22(34)28-16)23-32(29-20)13-17(35-23)15-11-27-30(3)12-15/h9-13H,4-8H2,1-3H3,(H,25,33)(H,28,34). The average Bonchev–Trinajstić information content (AvgIpc) is 3.57. The van der Waals surface area contributed by atoms with Crippen LogP contribution in [0.1, 0.15) is 37.0 Å². The number of carbonyl (C=O) groups is 1. The van der Waals surface area contributed by atoms with E-state index in [4.69, 9.17) is 0 Å². The number of aromatic nitrogens is 6. The summed E-state index contributed by atoms with van der Waals surface area (Å²) in [5.41, 5.74) is 2.89. The number of nitrogens with one attached hydrogen (secondary N) is 2. The van der Waals surface area contributed by atoms with Gasteiger partial charge in [-0.05, 0) is 39.3 Å². The molecule has 1 amide bonds. The van der Waals surface area contributed by atoms with E-state index in [-0.39, 0.29) is 17.0 Å². The number of carbonyl (C=O) groups excluding carboxylic acids is 1. The summed E-state index contributed by atoms with van der Waals surface area (Å²) in [5.74, 6) is -0.204. The number of likely N-dealkylation sites (tertiary alicyclic amines) is 1. The lowest BCUT2D eigenvalue weighted by Gasteiger charge is -2.31. The quantitative estimate of drug-likeness (QED) is 0.392. The predicted molar refractivity (Wildman–Crippen MR) is 136 cm³/mol. The van der Waals surface area contributed by atoms with Gasteiger partial charge in [-0.1, -0.05) is 0 Å². The predicted octanol–water partition coefficient (Wildman–Crippen LogP) is 2.79. The lowest BCUT2D eigenvalue weighted by molar-refractivity contribution is 0.0940. The number of hydrogen-bond donors (Lipinski definition) is 2. The van der Waals surface area contributed by atoms with E-state index >= 15 is 0 Å². The highest BCUT2D eigenvalue weighted by Gasteiger charge is 2.31. The zero-order chi connectivity index (χ0) is 24.3. The summed E-state index contributed by atoms with van der Waals surface area (Å²) in [7, 11) is 1.86. The zero-order valence-corrected chi connectivity index (χ0v) is 20.6. The molecule has 6 rings (SSSR count). The molecule has 0 saturated carbocycles. The van der Waals surface area contributed by atoms with Crippen molar-refractivity contribution in [1.29, 1.82) is 0 Å². The van der Waals surface area contributed by atoms with E-state index < -0.39 is 0 Å². The fraction of sp³-hybridized carbons (Fsp3) is 0.375. The summed E-state index contributed by atoms with van der Waals surface area (Å²) in [6, 6.07) is 1.67.